The average molecular weight is 320 g/mol. The van der Waals surface area contributed by atoms with Gasteiger partial charge in [0.15, 0.2) is 0 Å². The third kappa shape index (κ3) is 4.50. The van der Waals surface area contributed by atoms with Crippen LogP contribution in [-0.2, 0) is 4.74 Å². The Labute approximate surface area is 140 Å². The second-order valence-corrected chi connectivity index (χ2v) is 8.72. The van der Waals surface area contributed by atoms with Crippen molar-refractivity contribution < 1.29 is 9.53 Å². The zero-order valence-corrected chi connectivity index (χ0v) is 14.8. The van der Waals surface area contributed by atoms with Gasteiger partial charge >= 0.3 is 6.09 Å². The van der Waals surface area contributed by atoms with Gasteiger partial charge in [-0.1, -0.05) is 12.2 Å². The summed E-state index contributed by atoms with van der Waals surface area (Å²) < 4.78 is 5.20. The molecule has 0 spiro atoms. The van der Waals surface area contributed by atoms with Crippen LogP contribution >= 0.6 is 0 Å². The monoisotopic (exact) mass is 320 g/mol. The highest BCUT2D eigenvalue weighted by Crippen LogP contribution is 2.53. The maximum atomic E-state index is 11.5. The number of carbonyl (C=O) groups is 1. The standard InChI is InChI=1S/C19H32N2O2/c1-19(2,3)23-18(22)21-7-5-4-6-20-17-15-9-13-8-14(11-15)12-16(17)10-13/h4-5,13-17,20H,6-12H2,1-3H3,(H,21,22)/b5-4+. The van der Waals surface area contributed by atoms with Crippen molar-refractivity contribution >= 4 is 6.09 Å². The van der Waals surface area contributed by atoms with E-state index in [9.17, 15) is 4.79 Å². The third-order valence-corrected chi connectivity index (χ3v) is 5.63. The smallest absolute Gasteiger partial charge is 0.407 e. The SMILES string of the molecule is CC(C)(C)OC(=O)NC/C=C/CNC1C2CC3CC(C2)CC1C3. The molecular formula is C19H32N2O2. The molecule has 4 aliphatic carbocycles. The summed E-state index contributed by atoms with van der Waals surface area (Å²) in [5, 5.41) is 6.51. The van der Waals surface area contributed by atoms with E-state index in [-0.39, 0.29) is 6.09 Å². The topological polar surface area (TPSA) is 50.4 Å². The predicted molar refractivity (Wildman–Crippen MR) is 92.2 cm³/mol. The van der Waals surface area contributed by atoms with E-state index in [2.05, 4.69) is 16.7 Å². The lowest BCUT2D eigenvalue weighted by Gasteiger charge is -2.54. The highest BCUT2D eigenvalue weighted by atomic mass is 16.6. The quantitative estimate of drug-likeness (QED) is 0.763. The van der Waals surface area contributed by atoms with Crippen LogP contribution in [0.3, 0.4) is 0 Å². The van der Waals surface area contributed by atoms with Gasteiger partial charge in [-0.15, -0.1) is 0 Å². The molecule has 0 aliphatic heterocycles. The molecule has 0 saturated heterocycles. The molecule has 4 saturated carbocycles. The van der Waals surface area contributed by atoms with Gasteiger partial charge in [-0.25, -0.2) is 4.79 Å². The van der Waals surface area contributed by atoms with Gasteiger partial charge < -0.3 is 15.4 Å². The minimum atomic E-state index is -0.436. The Morgan fingerprint density at radius 3 is 2.13 bits per heavy atom. The summed E-state index contributed by atoms with van der Waals surface area (Å²) in [5.41, 5.74) is -0.436. The predicted octanol–water partition coefficient (Wildman–Crippen LogP) is 3.48. The molecule has 4 aliphatic rings. The van der Waals surface area contributed by atoms with Crippen molar-refractivity contribution in [3.05, 3.63) is 12.2 Å². The van der Waals surface area contributed by atoms with Crippen molar-refractivity contribution in [2.75, 3.05) is 13.1 Å². The molecule has 1 amide bonds. The molecule has 4 heteroatoms. The number of amides is 1. The van der Waals surface area contributed by atoms with Crippen LogP contribution in [0.1, 0.15) is 52.9 Å². The molecule has 130 valence electrons. The molecule has 0 heterocycles. The fourth-order valence-corrected chi connectivity index (χ4v) is 5.09. The van der Waals surface area contributed by atoms with Gasteiger partial charge in [0, 0.05) is 19.1 Å². The fraction of sp³-hybridized carbons (Fsp3) is 0.842. The molecule has 0 aromatic rings. The van der Waals surface area contributed by atoms with Crippen molar-refractivity contribution in [2.24, 2.45) is 23.7 Å². The number of hydrogen-bond acceptors (Lipinski definition) is 3. The largest absolute Gasteiger partial charge is 0.444 e. The van der Waals surface area contributed by atoms with Crippen LogP contribution in [0.25, 0.3) is 0 Å². The number of rotatable bonds is 5. The molecule has 4 rings (SSSR count). The first-order valence-electron chi connectivity index (χ1n) is 9.26. The second-order valence-electron chi connectivity index (χ2n) is 8.72. The summed E-state index contributed by atoms with van der Waals surface area (Å²) in [6.45, 7) is 7.05. The van der Waals surface area contributed by atoms with Crippen molar-refractivity contribution in [3.8, 4) is 0 Å². The molecule has 0 radical (unpaired) electrons. The molecule has 0 aromatic carbocycles. The minimum absolute atomic E-state index is 0.351. The Hall–Kier alpha value is -1.03. The van der Waals surface area contributed by atoms with Crippen molar-refractivity contribution in [2.45, 2.75) is 64.5 Å². The van der Waals surface area contributed by atoms with E-state index in [1.54, 1.807) is 0 Å². The summed E-state index contributed by atoms with van der Waals surface area (Å²) in [6, 6.07) is 0.728. The van der Waals surface area contributed by atoms with Crippen LogP contribution in [-0.4, -0.2) is 30.8 Å². The lowest BCUT2D eigenvalue weighted by atomic mass is 9.54. The molecule has 4 nitrogen and oxygen atoms in total. The van der Waals surface area contributed by atoms with Crippen LogP contribution in [0, 0.1) is 23.7 Å². The first-order valence-corrected chi connectivity index (χ1v) is 9.26. The average Bonchev–Trinajstić information content (AvgIpc) is 2.42. The van der Waals surface area contributed by atoms with E-state index in [1.165, 1.54) is 32.1 Å². The molecule has 4 bridgehead atoms. The van der Waals surface area contributed by atoms with Crippen LogP contribution in [0.4, 0.5) is 4.79 Å². The molecule has 23 heavy (non-hydrogen) atoms. The highest BCUT2D eigenvalue weighted by Gasteiger charge is 2.47. The van der Waals surface area contributed by atoms with E-state index in [0.29, 0.717) is 6.54 Å². The zero-order valence-electron chi connectivity index (χ0n) is 14.8. The Morgan fingerprint density at radius 1 is 1.00 bits per heavy atom. The van der Waals surface area contributed by atoms with Crippen LogP contribution in [0.2, 0.25) is 0 Å². The number of carbonyl (C=O) groups excluding carboxylic acids is 1. The van der Waals surface area contributed by atoms with Gasteiger partial charge in [-0.05, 0) is 76.5 Å². The zero-order chi connectivity index (χ0) is 16.4. The first kappa shape index (κ1) is 16.8. The lowest BCUT2D eigenvalue weighted by molar-refractivity contribution is -0.0123. The lowest BCUT2D eigenvalue weighted by Crippen LogP contribution is -2.54. The van der Waals surface area contributed by atoms with Crippen LogP contribution in [0.15, 0.2) is 12.2 Å². The first-order chi connectivity index (χ1) is 10.9. The van der Waals surface area contributed by atoms with E-state index in [4.69, 9.17) is 4.74 Å². The van der Waals surface area contributed by atoms with Gasteiger partial charge in [0.25, 0.3) is 0 Å². The van der Waals surface area contributed by atoms with Crippen LogP contribution < -0.4 is 10.6 Å². The number of hydrogen-bond donors (Lipinski definition) is 2. The van der Waals surface area contributed by atoms with Gasteiger partial charge in [-0.3, -0.25) is 0 Å². The van der Waals surface area contributed by atoms with E-state index in [1.807, 2.05) is 26.8 Å². The Bertz CT molecular complexity index is 425. The van der Waals surface area contributed by atoms with Crippen molar-refractivity contribution in [3.63, 3.8) is 0 Å². The molecule has 0 aromatic heterocycles. The van der Waals surface area contributed by atoms with Gasteiger partial charge in [0.1, 0.15) is 5.60 Å². The normalized spacial score (nSPS) is 35.7. The minimum Gasteiger partial charge on any atom is -0.444 e. The highest BCUT2D eigenvalue weighted by molar-refractivity contribution is 5.67. The Balaban J connectivity index is 1.33. The van der Waals surface area contributed by atoms with Gasteiger partial charge in [0.2, 0.25) is 0 Å². The third-order valence-electron chi connectivity index (χ3n) is 5.63. The van der Waals surface area contributed by atoms with Crippen molar-refractivity contribution in [1.82, 2.24) is 10.6 Å². The maximum Gasteiger partial charge on any atom is 0.407 e. The van der Waals surface area contributed by atoms with Crippen LogP contribution in [0.5, 0.6) is 0 Å². The Kier molecular flexibility index (Phi) is 5.00. The summed E-state index contributed by atoms with van der Waals surface area (Å²) in [4.78, 5) is 11.5. The van der Waals surface area contributed by atoms with Crippen molar-refractivity contribution in [1.29, 1.82) is 0 Å². The summed E-state index contributed by atoms with van der Waals surface area (Å²) in [7, 11) is 0. The van der Waals surface area contributed by atoms with E-state index < -0.39 is 5.60 Å². The molecular weight excluding hydrogens is 288 g/mol. The van der Waals surface area contributed by atoms with Gasteiger partial charge in [0.05, 0.1) is 0 Å². The number of nitrogens with one attached hydrogen (secondary N) is 2. The summed E-state index contributed by atoms with van der Waals surface area (Å²) in [5.74, 6) is 3.90. The van der Waals surface area contributed by atoms with E-state index in [0.717, 1.165) is 36.3 Å². The molecule has 0 unspecified atom stereocenters. The molecule has 0 atom stereocenters. The number of ether oxygens (including phenoxy) is 1. The fourth-order valence-electron chi connectivity index (χ4n) is 5.09. The number of alkyl carbamates (subject to hydrolysis) is 1. The van der Waals surface area contributed by atoms with E-state index >= 15 is 0 Å². The van der Waals surface area contributed by atoms with Gasteiger partial charge in [-0.2, -0.15) is 0 Å². The summed E-state index contributed by atoms with van der Waals surface area (Å²) in [6.07, 6.45) is 11.1. The molecule has 2 N–H and O–H groups in total. The summed E-state index contributed by atoms with van der Waals surface area (Å²) >= 11 is 0. The molecule has 4 fully saturated rings. The maximum absolute atomic E-state index is 11.5. The Morgan fingerprint density at radius 2 is 1.57 bits per heavy atom. The second kappa shape index (κ2) is 6.84.